The summed E-state index contributed by atoms with van der Waals surface area (Å²) in [6, 6.07) is 1.97. The van der Waals surface area contributed by atoms with Crippen LogP contribution in [0.1, 0.15) is 20.8 Å². The molecule has 12 heavy (non-hydrogen) atoms. The third-order valence-electron chi connectivity index (χ3n) is 1.57. The van der Waals surface area contributed by atoms with Crippen LogP contribution < -0.4 is 0 Å². The van der Waals surface area contributed by atoms with Crippen molar-refractivity contribution in [3.8, 4) is 0 Å². The molecule has 1 N–H and O–H groups in total. The van der Waals surface area contributed by atoms with Crippen molar-refractivity contribution < 1.29 is 1.43 Å². The second-order valence-electron chi connectivity index (χ2n) is 2.26. The Balaban J connectivity index is 0.000000451. The van der Waals surface area contributed by atoms with Crippen molar-refractivity contribution in [3.05, 3.63) is 24.0 Å². The predicted molar refractivity (Wildman–Crippen MR) is 52.1 cm³/mol. The summed E-state index contributed by atoms with van der Waals surface area (Å²) >= 11 is 0. The lowest BCUT2D eigenvalue weighted by atomic mass is 10.2. The Labute approximate surface area is 73.3 Å². The average Bonchev–Trinajstić information content (AvgIpc) is 2.57. The number of fused-ring (bicyclic) bond motifs is 1. The molecule has 0 aromatic carbocycles. The van der Waals surface area contributed by atoms with Gasteiger partial charge in [-0.15, -0.1) is 0 Å². The molecule has 0 spiro atoms. The molecule has 0 radical (unpaired) electrons. The molecule has 0 unspecified atom stereocenters. The van der Waals surface area contributed by atoms with E-state index in [0.717, 1.165) is 11.0 Å². The SMILES string of the molecule is CC.Cc1ccnc2[nH]ncc12.[HH]. The van der Waals surface area contributed by atoms with Gasteiger partial charge < -0.3 is 0 Å². The van der Waals surface area contributed by atoms with E-state index >= 15 is 0 Å². The lowest BCUT2D eigenvalue weighted by molar-refractivity contribution is 1.10. The number of aromatic amines is 1. The van der Waals surface area contributed by atoms with Gasteiger partial charge >= 0.3 is 0 Å². The summed E-state index contributed by atoms with van der Waals surface area (Å²) in [6.45, 7) is 6.04. The molecule has 0 aliphatic heterocycles. The van der Waals surface area contributed by atoms with E-state index < -0.39 is 0 Å². The third kappa shape index (κ3) is 1.44. The van der Waals surface area contributed by atoms with Crippen molar-refractivity contribution in [1.82, 2.24) is 15.2 Å². The van der Waals surface area contributed by atoms with Crippen molar-refractivity contribution in [2.45, 2.75) is 20.8 Å². The van der Waals surface area contributed by atoms with Crippen LogP contribution in [-0.2, 0) is 0 Å². The smallest absolute Gasteiger partial charge is 0.155 e. The highest BCUT2D eigenvalue weighted by Gasteiger charge is 1.96. The summed E-state index contributed by atoms with van der Waals surface area (Å²) in [6.07, 6.45) is 3.56. The van der Waals surface area contributed by atoms with Crippen LogP contribution in [0.2, 0.25) is 0 Å². The number of pyridine rings is 1. The van der Waals surface area contributed by atoms with Crippen molar-refractivity contribution in [2.24, 2.45) is 0 Å². The van der Waals surface area contributed by atoms with Gasteiger partial charge in [-0.1, -0.05) is 13.8 Å². The third-order valence-corrected chi connectivity index (χ3v) is 1.57. The zero-order chi connectivity index (χ0) is 8.97. The molecule has 0 saturated heterocycles. The van der Waals surface area contributed by atoms with Crippen molar-refractivity contribution >= 4 is 11.0 Å². The Morgan fingerprint density at radius 1 is 1.42 bits per heavy atom. The molecule has 0 amide bonds. The zero-order valence-electron chi connectivity index (χ0n) is 7.63. The Morgan fingerprint density at radius 2 is 2.17 bits per heavy atom. The van der Waals surface area contributed by atoms with Gasteiger partial charge in [0.1, 0.15) is 0 Å². The Kier molecular flexibility index (Phi) is 2.80. The molecule has 0 atom stereocenters. The molecule has 66 valence electrons. The molecular weight excluding hydrogens is 150 g/mol. The van der Waals surface area contributed by atoms with Gasteiger partial charge in [-0.3, -0.25) is 5.10 Å². The fourth-order valence-electron chi connectivity index (χ4n) is 0.980. The molecule has 2 rings (SSSR count). The summed E-state index contributed by atoms with van der Waals surface area (Å²) in [5.41, 5.74) is 2.07. The molecule has 0 fully saturated rings. The van der Waals surface area contributed by atoms with Crippen LogP contribution in [-0.4, -0.2) is 15.2 Å². The number of aryl methyl sites for hydroxylation is 1. The average molecular weight is 165 g/mol. The molecule has 2 aromatic rings. The van der Waals surface area contributed by atoms with Crippen molar-refractivity contribution in [1.29, 1.82) is 0 Å². The van der Waals surface area contributed by atoms with E-state index in [2.05, 4.69) is 15.2 Å². The van der Waals surface area contributed by atoms with Gasteiger partial charge in [0.05, 0.1) is 6.20 Å². The van der Waals surface area contributed by atoms with Crippen LogP contribution in [0.15, 0.2) is 18.5 Å². The Morgan fingerprint density at radius 3 is 2.83 bits per heavy atom. The van der Waals surface area contributed by atoms with E-state index in [1.54, 1.807) is 12.4 Å². The molecule has 3 heteroatoms. The number of nitrogens with zero attached hydrogens (tertiary/aromatic N) is 2. The minimum atomic E-state index is 0. The number of H-pyrrole nitrogens is 1. The van der Waals surface area contributed by atoms with Gasteiger partial charge in [-0.05, 0) is 18.6 Å². The second kappa shape index (κ2) is 3.85. The lowest BCUT2D eigenvalue weighted by Gasteiger charge is -1.89. The van der Waals surface area contributed by atoms with Gasteiger partial charge in [0.2, 0.25) is 0 Å². The normalized spacial score (nSPS) is 9.25. The predicted octanol–water partition coefficient (Wildman–Crippen LogP) is 2.54. The summed E-state index contributed by atoms with van der Waals surface area (Å²) in [5.74, 6) is 0. The first-order chi connectivity index (χ1) is 5.88. The Bertz CT molecular complexity index is 356. The summed E-state index contributed by atoms with van der Waals surface area (Å²) in [4.78, 5) is 4.08. The fourth-order valence-corrected chi connectivity index (χ4v) is 0.980. The monoisotopic (exact) mass is 165 g/mol. The van der Waals surface area contributed by atoms with Crippen LogP contribution in [0.4, 0.5) is 0 Å². The molecule has 0 aliphatic rings. The highest BCUT2D eigenvalue weighted by Crippen LogP contribution is 2.10. The van der Waals surface area contributed by atoms with Crippen molar-refractivity contribution in [2.75, 3.05) is 0 Å². The van der Waals surface area contributed by atoms with E-state index in [1.807, 2.05) is 26.8 Å². The van der Waals surface area contributed by atoms with E-state index in [9.17, 15) is 0 Å². The molecular formula is C9H15N3. The maximum absolute atomic E-state index is 4.08. The molecule has 0 bridgehead atoms. The van der Waals surface area contributed by atoms with Gasteiger partial charge in [0.15, 0.2) is 5.65 Å². The first-order valence-corrected chi connectivity index (χ1v) is 4.12. The van der Waals surface area contributed by atoms with Gasteiger partial charge in [-0.25, -0.2) is 4.98 Å². The second-order valence-corrected chi connectivity index (χ2v) is 2.26. The van der Waals surface area contributed by atoms with Crippen LogP contribution >= 0.6 is 0 Å². The molecule has 0 saturated carbocycles. The quantitative estimate of drug-likeness (QED) is 0.651. The van der Waals surface area contributed by atoms with Gasteiger partial charge in [-0.2, -0.15) is 5.10 Å². The topological polar surface area (TPSA) is 41.6 Å². The number of hydrogen-bond acceptors (Lipinski definition) is 2. The van der Waals surface area contributed by atoms with Gasteiger partial charge in [0, 0.05) is 13.0 Å². The van der Waals surface area contributed by atoms with Gasteiger partial charge in [0.25, 0.3) is 0 Å². The number of aromatic nitrogens is 3. The Hall–Kier alpha value is -1.38. The standard InChI is InChI=1S/C7H7N3.C2H6.H2/c1-5-2-3-8-7-6(5)4-9-10-7;1-2;/h2-4H,1H3,(H,8,9,10);1-2H3;1H. The minimum Gasteiger partial charge on any atom is -0.261 e. The fraction of sp³-hybridized carbons (Fsp3) is 0.333. The van der Waals surface area contributed by atoms with E-state index in [1.165, 1.54) is 5.56 Å². The summed E-state index contributed by atoms with van der Waals surface area (Å²) < 4.78 is 0. The van der Waals surface area contributed by atoms with E-state index in [-0.39, 0.29) is 1.43 Å². The summed E-state index contributed by atoms with van der Waals surface area (Å²) in [7, 11) is 0. The first kappa shape index (κ1) is 8.71. The molecule has 2 heterocycles. The molecule has 0 aliphatic carbocycles. The van der Waals surface area contributed by atoms with E-state index in [4.69, 9.17) is 0 Å². The number of nitrogens with one attached hydrogen (secondary N) is 1. The number of rotatable bonds is 0. The maximum atomic E-state index is 4.08. The maximum Gasteiger partial charge on any atom is 0.155 e. The van der Waals surface area contributed by atoms with Crippen LogP contribution in [0.25, 0.3) is 11.0 Å². The lowest BCUT2D eigenvalue weighted by Crippen LogP contribution is -1.77. The van der Waals surface area contributed by atoms with E-state index in [0.29, 0.717) is 0 Å². The number of hydrogen-bond donors (Lipinski definition) is 1. The highest BCUT2D eigenvalue weighted by molar-refractivity contribution is 5.77. The van der Waals surface area contributed by atoms with Crippen LogP contribution in [0, 0.1) is 6.92 Å². The summed E-state index contributed by atoms with van der Waals surface area (Å²) in [5, 5.41) is 7.77. The molecule has 2 aromatic heterocycles. The minimum absolute atomic E-state index is 0. The zero-order valence-corrected chi connectivity index (χ0v) is 7.63. The van der Waals surface area contributed by atoms with Crippen LogP contribution in [0.3, 0.4) is 0 Å². The van der Waals surface area contributed by atoms with Crippen LogP contribution in [0.5, 0.6) is 0 Å². The highest BCUT2D eigenvalue weighted by atomic mass is 15.1. The van der Waals surface area contributed by atoms with Crippen molar-refractivity contribution in [3.63, 3.8) is 0 Å². The largest absolute Gasteiger partial charge is 0.261 e. The molecule has 3 nitrogen and oxygen atoms in total. The first-order valence-electron chi connectivity index (χ1n) is 4.12.